The van der Waals surface area contributed by atoms with Gasteiger partial charge in [0.25, 0.3) is 5.91 Å². The van der Waals surface area contributed by atoms with Crippen molar-refractivity contribution in [2.24, 2.45) is 5.92 Å². The van der Waals surface area contributed by atoms with Crippen molar-refractivity contribution in [1.82, 2.24) is 16.0 Å². The summed E-state index contributed by atoms with van der Waals surface area (Å²) >= 11 is 3.41. The van der Waals surface area contributed by atoms with E-state index < -0.39 is 6.03 Å². The van der Waals surface area contributed by atoms with E-state index in [2.05, 4.69) is 31.9 Å². The third-order valence-corrected chi connectivity index (χ3v) is 2.91. The lowest BCUT2D eigenvalue weighted by Crippen LogP contribution is -2.61. The summed E-state index contributed by atoms with van der Waals surface area (Å²) in [5, 5.41) is 10.0. The van der Waals surface area contributed by atoms with Crippen LogP contribution in [0.5, 0.6) is 0 Å². The van der Waals surface area contributed by atoms with Crippen molar-refractivity contribution in [2.45, 2.75) is 17.4 Å². The number of piperidine rings is 1. The molecule has 3 atom stereocenters. The second kappa shape index (κ2) is 3.26. The van der Waals surface area contributed by atoms with Crippen LogP contribution >= 0.6 is 15.9 Å². The maximum atomic E-state index is 11.3. The molecule has 70 valence electrons. The Morgan fingerprint density at radius 3 is 3.00 bits per heavy atom. The van der Waals surface area contributed by atoms with Gasteiger partial charge in [-0.25, -0.2) is 10.1 Å². The highest BCUT2D eigenvalue weighted by atomic mass is 79.9. The van der Waals surface area contributed by atoms with Gasteiger partial charge < -0.3 is 0 Å². The minimum Gasteiger partial charge on any atom is -0.294 e. The highest BCUT2D eigenvalue weighted by Crippen LogP contribution is 2.23. The monoisotopic (exact) mass is 245 g/mol. The van der Waals surface area contributed by atoms with Crippen molar-refractivity contribution in [1.29, 1.82) is 0 Å². The van der Waals surface area contributed by atoms with Gasteiger partial charge in [-0.2, -0.15) is 5.32 Å². The lowest BCUT2D eigenvalue weighted by atomic mass is 9.93. The van der Waals surface area contributed by atoms with Gasteiger partial charge in [0.2, 0.25) is 0 Å². The number of halogens is 1. The summed E-state index contributed by atoms with van der Waals surface area (Å²) in [4.78, 5) is 22.3. The molecule has 3 unspecified atom stereocenters. The van der Waals surface area contributed by atoms with E-state index in [1.165, 1.54) is 0 Å². The lowest BCUT2D eigenvalue weighted by molar-refractivity contribution is -0.127. The number of nitrogens with one attached hydrogen (secondary N) is 1. The van der Waals surface area contributed by atoms with E-state index in [0.717, 1.165) is 6.54 Å². The van der Waals surface area contributed by atoms with Gasteiger partial charge in [-0.05, 0) is 6.42 Å². The van der Waals surface area contributed by atoms with Crippen LogP contribution in [0.4, 0.5) is 4.79 Å². The van der Waals surface area contributed by atoms with Gasteiger partial charge in [-0.1, -0.05) is 15.9 Å². The molecule has 0 saturated carbocycles. The molecule has 0 aromatic carbocycles. The molecule has 2 fully saturated rings. The molecule has 3 amide bonds. The Kier molecular flexibility index (Phi) is 2.25. The standard InChI is InChI=1S/C7H8BrN3O2/c8-3-1-4-5(9-2-3)10-7(13)11-6(4)12/h3-5,9H,1-2H2. The number of imide groups is 1. The molecule has 2 aliphatic rings. The number of carbonyl (C=O) groups excluding carboxylic acids is 2. The fraction of sp³-hybridized carbons (Fsp3) is 0.714. The van der Waals surface area contributed by atoms with E-state index in [0.29, 0.717) is 6.42 Å². The number of carbonyl (C=O) groups is 2. The van der Waals surface area contributed by atoms with Crippen LogP contribution in [-0.2, 0) is 4.79 Å². The number of amides is 3. The fourth-order valence-corrected chi connectivity index (χ4v) is 2.16. The summed E-state index contributed by atoms with van der Waals surface area (Å²) < 4.78 is 0. The average molecular weight is 246 g/mol. The second-order valence-corrected chi connectivity index (χ2v) is 4.45. The van der Waals surface area contributed by atoms with Gasteiger partial charge in [0, 0.05) is 11.4 Å². The minimum absolute atomic E-state index is 0.260. The van der Waals surface area contributed by atoms with Crippen LogP contribution in [0.3, 0.4) is 0 Å². The number of nitrogens with zero attached hydrogens (tertiary/aromatic N) is 2. The van der Waals surface area contributed by atoms with Crippen molar-refractivity contribution in [3.63, 3.8) is 0 Å². The van der Waals surface area contributed by atoms with Crippen LogP contribution in [0.15, 0.2) is 0 Å². The quantitative estimate of drug-likeness (QED) is 0.588. The zero-order chi connectivity index (χ0) is 9.42. The summed E-state index contributed by atoms with van der Waals surface area (Å²) in [6.45, 7) is 0.727. The van der Waals surface area contributed by atoms with Crippen LogP contribution in [0, 0.1) is 5.92 Å². The number of hydrogen-bond donors (Lipinski definition) is 1. The predicted octanol–water partition coefficient (Wildman–Crippen LogP) is -0.446. The Morgan fingerprint density at radius 2 is 2.23 bits per heavy atom. The van der Waals surface area contributed by atoms with Crippen LogP contribution < -0.4 is 16.0 Å². The summed E-state index contributed by atoms with van der Waals surface area (Å²) in [7, 11) is 0. The van der Waals surface area contributed by atoms with Gasteiger partial charge in [-0.3, -0.25) is 10.1 Å². The number of alkyl halides is 1. The molecule has 0 aliphatic carbocycles. The van der Waals surface area contributed by atoms with Crippen molar-refractivity contribution in [3.8, 4) is 0 Å². The molecule has 0 spiro atoms. The molecule has 1 N–H and O–H groups in total. The minimum atomic E-state index is -0.660. The molecule has 0 bridgehead atoms. The molecular weight excluding hydrogens is 238 g/mol. The van der Waals surface area contributed by atoms with Gasteiger partial charge in [-0.15, -0.1) is 0 Å². The summed E-state index contributed by atoms with van der Waals surface area (Å²) in [5.41, 5.74) is 0. The highest BCUT2D eigenvalue weighted by Gasteiger charge is 2.41. The van der Waals surface area contributed by atoms with Crippen molar-refractivity contribution in [3.05, 3.63) is 0 Å². The molecule has 6 heteroatoms. The van der Waals surface area contributed by atoms with Crippen LogP contribution in [-0.4, -0.2) is 29.5 Å². The first-order chi connectivity index (χ1) is 6.16. The summed E-state index contributed by atoms with van der Waals surface area (Å²) in [6.07, 6.45) is 0.336. The van der Waals surface area contributed by atoms with Gasteiger partial charge in [0.15, 0.2) is 0 Å². The van der Waals surface area contributed by atoms with Crippen molar-refractivity contribution >= 4 is 27.9 Å². The Bertz CT molecular complexity index is 258. The molecule has 2 aliphatic heterocycles. The molecule has 2 saturated heterocycles. The molecule has 13 heavy (non-hydrogen) atoms. The molecule has 0 aromatic heterocycles. The third-order valence-electron chi connectivity index (χ3n) is 2.21. The molecule has 5 nitrogen and oxygen atoms in total. The number of hydrogen-bond acceptors (Lipinski definition) is 3. The zero-order valence-corrected chi connectivity index (χ0v) is 8.32. The van der Waals surface area contributed by atoms with E-state index in [-0.39, 0.29) is 22.8 Å². The normalized spacial score (nSPS) is 39.0. The Balaban J connectivity index is 2.11. The van der Waals surface area contributed by atoms with E-state index in [1.807, 2.05) is 0 Å². The summed E-state index contributed by atoms with van der Waals surface area (Å²) in [5.74, 6) is -0.613. The van der Waals surface area contributed by atoms with Gasteiger partial charge in [0.05, 0.1) is 5.92 Å². The van der Waals surface area contributed by atoms with E-state index in [1.54, 1.807) is 0 Å². The first-order valence-electron chi connectivity index (χ1n) is 4.04. The Hall–Kier alpha value is -0.620. The molecule has 2 radical (unpaired) electrons. The predicted molar refractivity (Wildman–Crippen MR) is 47.3 cm³/mol. The average Bonchev–Trinajstić information content (AvgIpc) is 2.06. The molecule has 0 aromatic rings. The van der Waals surface area contributed by atoms with E-state index in [9.17, 15) is 9.59 Å². The maximum absolute atomic E-state index is 11.3. The molecule has 2 rings (SSSR count). The van der Waals surface area contributed by atoms with Crippen LogP contribution in [0.25, 0.3) is 0 Å². The topological polar surface area (TPSA) is 74.4 Å². The number of fused-ring (bicyclic) bond motifs is 1. The lowest BCUT2D eigenvalue weighted by Gasteiger charge is -2.34. The molecular formula is C7H8BrN3O2. The van der Waals surface area contributed by atoms with Crippen LogP contribution in [0.2, 0.25) is 0 Å². The third kappa shape index (κ3) is 1.68. The van der Waals surface area contributed by atoms with E-state index >= 15 is 0 Å². The number of rotatable bonds is 0. The smallest absolute Gasteiger partial charge is 0.294 e. The van der Waals surface area contributed by atoms with Crippen LogP contribution in [0.1, 0.15) is 6.42 Å². The van der Waals surface area contributed by atoms with Crippen molar-refractivity contribution < 1.29 is 9.59 Å². The Labute approximate surface area is 83.8 Å². The van der Waals surface area contributed by atoms with Gasteiger partial charge in [0.1, 0.15) is 6.17 Å². The Morgan fingerprint density at radius 1 is 1.46 bits per heavy atom. The fourth-order valence-electron chi connectivity index (χ4n) is 1.58. The van der Waals surface area contributed by atoms with Crippen molar-refractivity contribution in [2.75, 3.05) is 6.54 Å². The second-order valence-electron chi connectivity index (χ2n) is 3.15. The van der Waals surface area contributed by atoms with Gasteiger partial charge >= 0.3 is 6.03 Å². The first-order valence-corrected chi connectivity index (χ1v) is 4.96. The van der Waals surface area contributed by atoms with E-state index in [4.69, 9.17) is 0 Å². The highest BCUT2D eigenvalue weighted by molar-refractivity contribution is 9.09. The zero-order valence-electron chi connectivity index (χ0n) is 6.74. The number of urea groups is 1. The maximum Gasteiger partial charge on any atom is 0.367 e. The largest absolute Gasteiger partial charge is 0.367 e. The summed E-state index contributed by atoms with van der Waals surface area (Å²) in [6, 6.07) is -0.660. The molecule has 2 heterocycles. The first kappa shape index (κ1) is 8.96. The SMILES string of the molecule is O=C1[N]C(=O)C2CC(Br)CNC2[N]1.